The van der Waals surface area contributed by atoms with Crippen LogP contribution in [-0.4, -0.2) is 6.61 Å². The number of pyridine rings is 2. The van der Waals surface area contributed by atoms with Gasteiger partial charge in [0, 0.05) is 30.7 Å². The Morgan fingerprint density at radius 2 is 1.33 bits per heavy atom. The highest BCUT2D eigenvalue weighted by Gasteiger charge is 2.04. The zero-order valence-electron chi connectivity index (χ0n) is 17.7. The first-order valence-electron chi connectivity index (χ1n) is 10.8. The number of benzene rings is 2. The fourth-order valence-corrected chi connectivity index (χ4v) is 3.69. The van der Waals surface area contributed by atoms with Crippen LogP contribution < -0.4 is 13.9 Å². The second-order valence-corrected chi connectivity index (χ2v) is 7.85. The van der Waals surface area contributed by atoms with Crippen molar-refractivity contribution in [3.63, 3.8) is 0 Å². The van der Waals surface area contributed by atoms with Crippen LogP contribution in [-0.2, 0) is 13.6 Å². The van der Waals surface area contributed by atoms with E-state index < -0.39 is 0 Å². The molecule has 0 fully saturated rings. The largest absolute Gasteiger partial charge is 0.494 e. The van der Waals surface area contributed by atoms with Gasteiger partial charge in [0.25, 0.3) is 0 Å². The van der Waals surface area contributed by atoms with Crippen molar-refractivity contribution in [3.05, 3.63) is 91.5 Å². The van der Waals surface area contributed by atoms with E-state index in [1.165, 1.54) is 41.2 Å². The lowest BCUT2D eigenvalue weighted by atomic mass is 10.1. The van der Waals surface area contributed by atoms with Crippen molar-refractivity contribution < 1.29 is 13.9 Å². The predicted molar refractivity (Wildman–Crippen MR) is 121 cm³/mol. The van der Waals surface area contributed by atoms with Crippen LogP contribution in [0.1, 0.15) is 25.7 Å². The van der Waals surface area contributed by atoms with Gasteiger partial charge >= 0.3 is 0 Å². The molecule has 0 aliphatic heterocycles. The van der Waals surface area contributed by atoms with Crippen molar-refractivity contribution in [2.24, 2.45) is 7.05 Å². The number of rotatable bonds is 9. The average molecular weight is 399 g/mol. The van der Waals surface area contributed by atoms with E-state index in [1.807, 2.05) is 7.05 Å². The molecule has 2 heterocycles. The van der Waals surface area contributed by atoms with Crippen LogP contribution in [0, 0.1) is 0 Å². The second-order valence-electron chi connectivity index (χ2n) is 7.85. The molecule has 0 spiro atoms. The summed E-state index contributed by atoms with van der Waals surface area (Å²) in [6, 6.07) is 23.4. The topological polar surface area (TPSA) is 17.0 Å². The van der Waals surface area contributed by atoms with E-state index in [2.05, 4.69) is 101 Å². The summed E-state index contributed by atoms with van der Waals surface area (Å²) in [6.07, 6.45) is 13.3. The highest BCUT2D eigenvalue weighted by atomic mass is 16.5. The third-order valence-corrected chi connectivity index (χ3v) is 5.50. The fraction of sp³-hybridized carbons (Fsp3) is 0.259. The summed E-state index contributed by atoms with van der Waals surface area (Å²) in [5.41, 5.74) is 2.52. The molecule has 152 valence electrons. The molecule has 0 amide bonds. The van der Waals surface area contributed by atoms with Crippen LogP contribution >= 0.6 is 0 Å². The van der Waals surface area contributed by atoms with Crippen LogP contribution in [0.5, 0.6) is 5.75 Å². The molecule has 0 bridgehead atoms. The van der Waals surface area contributed by atoms with Crippen LogP contribution in [0.15, 0.2) is 91.5 Å². The molecule has 4 rings (SSSR count). The van der Waals surface area contributed by atoms with E-state index >= 15 is 0 Å². The highest BCUT2D eigenvalue weighted by Crippen LogP contribution is 2.21. The van der Waals surface area contributed by atoms with Gasteiger partial charge in [0.1, 0.15) is 19.3 Å². The van der Waals surface area contributed by atoms with E-state index in [0.717, 1.165) is 25.3 Å². The Bertz CT molecular complexity index is 1070. The molecule has 2 aromatic carbocycles. The van der Waals surface area contributed by atoms with E-state index in [4.69, 9.17) is 4.74 Å². The van der Waals surface area contributed by atoms with Gasteiger partial charge in [0.15, 0.2) is 24.8 Å². The molecule has 0 aliphatic rings. The monoisotopic (exact) mass is 398 g/mol. The van der Waals surface area contributed by atoms with Crippen molar-refractivity contribution in [3.8, 4) is 16.9 Å². The average Bonchev–Trinajstić information content (AvgIpc) is 2.79. The molecular weight excluding hydrogens is 368 g/mol. The van der Waals surface area contributed by atoms with Gasteiger partial charge in [-0.3, -0.25) is 0 Å². The summed E-state index contributed by atoms with van der Waals surface area (Å²) >= 11 is 0. The summed E-state index contributed by atoms with van der Waals surface area (Å²) in [5.74, 6) is 0.969. The van der Waals surface area contributed by atoms with E-state index in [0.29, 0.717) is 0 Å². The van der Waals surface area contributed by atoms with Crippen molar-refractivity contribution in [2.75, 3.05) is 6.61 Å². The summed E-state index contributed by atoms with van der Waals surface area (Å²) < 4.78 is 10.3. The molecule has 30 heavy (non-hydrogen) atoms. The molecule has 0 aliphatic carbocycles. The van der Waals surface area contributed by atoms with Crippen molar-refractivity contribution in [2.45, 2.75) is 32.2 Å². The van der Waals surface area contributed by atoms with Gasteiger partial charge in [-0.25, -0.2) is 9.13 Å². The second kappa shape index (κ2) is 10.0. The lowest BCUT2D eigenvalue weighted by Crippen LogP contribution is -2.32. The third kappa shape index (κ3) is 5.44. The first-order valence-corrected chi connectivity index (χ1v) is 10.8. The number of hydrogen-bond acceptors (Lipinski definition) is 1. The minimum Gasteiger partial charge on any atom is -0.494 e. The summed E-state index contributed by atoms with van der Waals surface area (Å²) in [5, 5.41) is 2.49. The number of nitrogens with zero attached hydrogens (tertiary/aromatic N) is 2. The number of aryl methyl sites for hydroxylation is 2. The van der Waals surface area contributed by atoms with Gasteiger partial charge < -0.3 is 4.74 Å². The zero-order valence-corrected chi connectivity index (χ0v) is 17.7. The molecule has 4 aromatic rings. The quantitative estimate of drug-likeness (QED) is 0.278. The standard InChI is InChI=1S/C27H30N2O/c1-28-17-12-24(13-18-28)25-14-19-29(20-15-25)16-6-2-3-7-21-30-27-11-10-23-8-4-5-9-26(23)22-27/h4-5,8-15,17-20,22H,2-3,6-7,16,21H2,1H3/q+2. The number of unbranched alkanes of at least 4 members (excludes halogenated alkanes) is 3. The van der Waals surface area contributed by atoms with Crippen molar-refractivity contribution in [1.29, 1.82) is 0 Å². The Labute approximate surface area is 179 Å². The molecular formula is C27H30N2O+2. The van der Waals surface area contributed by atoms with E-state index in [-0.39, 0.29) is 0 Å². The van der Waals surface area contributed by atoms with Gasteiger partial charge in [-0.15, -0.1) is 0 Å². The lowest BCUT2D eigenvalue weighted by Gasteiger charge is -2.07. The number of ether oxygens (including phenoxy) is 1. The molecule has 0 unspecified atom stereocenters. The van der Waals surface area contributed by atoms with Gasteiger partial charge in [-0.1, -0.05) is 30.3 Å². The van der Waals surface area contributed by atoms with Crippen LogP contribution in [0.4, 0.5) is 0 Å². The minimum absolute atomic E-state index is 0.787. The van der Waals surface area contributed by atoms with Crippen LogP contribution in [0.25, 0.3) is 21.9 Å². The molecule has 0 radical (unpaired) electrons. The smallest absolute Gasteiger partial charge is 0.169 e. The minimum atomic E-state index is 0.787. The van der Waals surface area contributed by atoms with Crippen LogP contribution in [0.3, 0.4) is 0 Å². The first kappa shape index (κ1) is 20.1. The predicted octanol–water partition coefficient (Wildman–Crippen LogP) is 5.26. The SMILES string of the molecule is C[n+]1ccc(-c2cc[n+](CCCCCCOc3ccc4ccccc4c3)cc2)cc1. The number of fused-ring (bicyclic) bond motifs is 1. The normalized spacial score (nSPS) is 11.0. The van der Waals surface area contributed by atoms with Crippen molar-refractivity contribution >= 4 is 10.8 Å². The Morgan fingerprint density at radius 1 is 0.667 bits per heavy atom. The van der Waals surface area contributed by atoms with Gasteiger partial charge in [0.2, 0.25) is 0 Å². The van der Waals surface area contributed by atoms with E-state index in [1.54, 1.807) is 0 Å². The summed E-state index contributed by atoms with van der Waals surface area (Å²) in [4.78, 5) is 0. The van der Waals surface area contributed by atoms with Gasteiger partial charge in [-0.2, -0.15) is 0 Å². The summed E-state index contributed by atoms with van der Waals surface area (Å²) in [7, 11) is 2.04. The first-order chi connectivity index (χ1) is 14.8. The molecule has 2 aromatic heterocycles. The molecule has 0 saturated heterocycles. The molecule has 3 nitrogen and oxygen atoms in total. The molecule has 0 saturated carbocycles. The van der Waals surface area contributed by atoms with Crippen molar-refractivity contribution in [1.82, 2.24) is 0 Å². The molecule has 3 heteroatoms. The Morgan fingerprint density at radius 3 is 2.10 bits per heavy atom. The Kier molecular flexibility index (Phi) is 6.71. The molecule has 0 N–H and O–H groups in total. The fourth-order valence-electron chi connectivity index (χ4n) is 3.69. The lowest BCUT2D eigenvalue weighted by molar-refractivity contribution is -0.697. The van der Waals surface area contributed by atoms with Gasteiger partial charge in [0.05, 0.1) is 6.61 Å². The third-order valence-electron chi connectivity index (χ3n) is 5.50. The van der Waals surface area contributed by atoms with Crippen LogP contribution in [0.2, 0.25) is 0 Å². The zero-order chi connectivity index (χ0) is 20.6. The maximum absolute atomic E-state index is 5.93. The van der Waals surface area contributed by atoms with Gasteiger partial charge in [-0.05, 0) is 53.3 Å². The van der Waals surface area contributed by atoms with E-state index in [9.17, 15) is 0 Å². The maximum Gasteiger partial charge on any atom is 0.169 e. The summed E-state index contributed by atoms with van der Waals surface area (Å²) in [6.45, 7) is 1.85. The number of hydrogen-bond donors (Lipinski definition) is 0. The highest BCUT2D eigenvalue weighted by molar-refractivity contribution is 5.83. The maximum atomic E-state index is 5.93. The molecule has 0 atom stereocenters. The Balaban J connectivity index is 1.14. The number of aromatic nitrogens is 2. The Hall–Kier alpha value is -3.20.